The third-order valence-electron chi connectivity index (χ3n) is 2.16. The zero-order valence-electron chi connectivity index (χ0n) is 9.48. The molecule has 1 aromatic rings. The largest absolute Gasteiger partial charge is 0.490 e. The summed E-state index contributed by atoms with van der Waals surface area (Å²) < 4.78 is 5.36. The van der Waals surface area contributed by atoms with E-state index < -0.39 is 0 Å². The second kappa shape index (κ2) is 6.62. The standard InChI is InChI=1S/C14H16O2/c1-3-9-16-14-7-5-13(6-8-14)10-12(4-2)11-15/h3,5-8,10-11H,1,4,9H2,2H3. The average Bonchev–Trinajstić information content (AvgIpc) is 2.35. The van der Waals surface area contributed by atoms with Crippen LogP contribution in [0.4, 0.5) is 0 Å². The highest BCUT2D eigenvalue weighted by Crippen LogP contribution is 2.14. The van der Waals surface area contributed by atoms with E-state index in [0.29, 0.717) is 6.61 Å². The molecule has 0 heterocycles. The topological polar surface area (TPSA) is 26.3 Å². The highest BCUT2D eigenvalue weighted by Gasteiger charge is 1.95. The number of carbonyl (C=O) groups is 1. The zero-order valence-corrected chi connectivity index (χ0v) is 9.48. The summed E-state index contributed by atoms with van der Waals surface area (Å²) in [6, 6.07) is 7.62. The maximum Gasteiger partial charge on any atom is 0.146 e. The Morgan fingerprint density at radius 2 is 2.06 bits per heavy atom. The smallest absolute Gasteiger partial charge is 0.146 e. The van der Waals surface area contributed by atoms with Crippen molar-refractivity contribution in [2.75, 3.05) is 6.61 Å². The van der Waals surface area contributed by atoms with E-state index in [0.717, 1.165) is 29.6 Å². The highest BCUT2D eigenvalue weighted by molar-refractivity contribution is 5.81. The maximum atomic E-state index is 10.6. The van der Waals surface area contributed by atoms with Crippen LogP contribution in [0.15, 0.2) is 42.5 Å². The van der Waals surface area contributed by atoms with Crippen molar-refractivity contribution < 1.29 is 9.53 Å². The van der Waals surface area contributed by atoms with Crippen LogP contribution in [0.1, 0.15) is 18.9 Å². The van der Waals surface area contributed by atoms with Crippen molar-refractivity contribution >= 4 is 12.4 Å². The predicted molar refractivity (Wildman–Crippen MR) is 66.5 cm³/mol. The van der Waals surface area contributed by atoms with Gasteiger partial charge in [-0.05, 0) is 35.8 Å². The van der Waals surface area contributed by atoms with Crippen LogP contribution in [-0.2, 0) is 4.79 Å². The maximum absolute atomic E-state index is 10.6. The molecule has 0 fully saturated rings. The Kier molecular flexibility index (Phi) is 5.06. The monoisotopic (exact) mass is 216 g/mol. The first kappa shape index (κ1) is 12.2. The van der Waals surface area contributed by atoms with Gasteiger partial charge in [0, 0.05) is 0 Å². The molecule has 0 aliphatic rings. The summed E-state index contributed by atoms with van der Waals surface area (Å²) in [7, 11) is 0. The van der Waals surface area contributed by atoms with E-state index in [1.807, 2.05) is 37.3 Å². The molecule has 2 nitrogen and oxygen atoms in total. The third kappa shape index (κ3) is 3.73. The molecule has 0 N–H and O–H groups in total. The van der Waals surface area contributed by atoms with Gasteiger partial charge < -0.3 is 4.74 Å². The van der Waals surface area contributed by atoms with Gasteiger partial charge in [0.25, 0.3) is 0 Å². The van der Waals surface area contributed by atoms with Crippen molar-refractivity contribution in [3.8, 4) is 5.75 Å². The molecule has 0 aromatic heterocycles. The average molecular weight is 216 g/mol. The van der Waals surface area contributed by atoms with E-state index >= 15 is 0 Å². The van der Waals surface area contributed by atoms with Crippen molar-refractivity contribution in [2.45, 2.75) is 13.3 Å². The van der Waals surface area contributed by atoms with Crippen LogP contribution in [0.2, 0.25) is 0 Å². The van der Waals surface area contributed by atoms with Crippen LogP contribution in [0, 0.1) is 0 Å². The van der Waals surface area contributed by atoms with Crippen molar-refractivity contribution in [3.63, 3.8) is 0 Å². The third-order valence-corrected chi connectivity index (χ3v) is 2.16. The lowest BCUT2D eigenvalue weighted by Crippen LogP contribution is -1.92. The van der Waals surface area contributed by atoms with Gasteiger partial charge in [0.1, 0.15) is 18.6 Å². The van der Waals surface area contributed by atoms with Gasteiger partial charge in [-0.1, -0.05) is 31.7 Å². The van der Waals surface area contributed by atoms with Crippen molar-refractivity contribution in [2.24, 2.45) is 0 Å². The summed E-state index contributed by atoms with van der Waals surface area (Å²) in [6.45, 7) is 6.05. The molecule has 1 aromatic carbocycles. The van der Waals surface area contributed by atoms with Gasteiger partial charge in [0.2, 0.25) is 0 Å². The minimum atomic E-state index is 0.504. The van der Waals surface area contributed by atoms with E-state index in [9.17, 15) is 4.79 Å². The molecule has 0 unspecified atom stereocenters. The van der Waals surface area contributed by atoms with Crippen LogP contribution in [-0.4, -0.2) is 12.9 Å². The SMILES string of the molecule is C=CCOc1ccc(C=C(C=O)CC)cc1. The lowest BCUT2D eigenvalue weighted by molar-refractivity contribution is -0.104. The van der Waals surface area contributed by atoms with E-state index in [2.05, 4.69) is 6.58 Å². The molecule has 0 aliphatic carbocycles. The minimum absolute atomic E-state index is 0.504. The Balaban J connectivity index is 2.74. The van der Waals surface area contributed by atoms with E-state index in [-0.39, 0.29) is 0 Å². The normalized spacial score (nSPS) is 10.9. The summed E-state index contributed by atoms with van der Waals surface area (Å²) in [5.41, 5.74) is 1.80. The fourth-order valence-corrected chi connectivity index (χ4v) is 1.25. The number of hydrogen-bond donors (Lipinski definition) is 0. The second-order valence-corrected chi connectivity index (χ2v) is 3.36. The molecule has 2 heteroatoms. The lowest BCUT2D eigenvalue weighted by atomic mass is 10.1. The molecule has 84 valence electrons. The fraction of sp³-hybridized carbons (Fsp3) is 0.214. The molecule has 0 spiro atoms. The minimum Gasteiger partial charge on any atom is -0.490 e. The van der Waals surface area contributed by atoms with E-state index in [4.69, 9.17) is 4.74 Å². The highest BCUT2D eigenvalue weighted by atomic mass is 16.5. The summed E-state index contributed by atoms with van der Waals surface area (Å²) in [5.74, 6) is 0.807. The molecule has 0 atom stereocenters. The Morgan fingerprint density at radius 1 is 1.38 bits per heavy atom. The Morgan fingerprint density at radius 3 is 2.56 bits per heavy atom. The second-order valence-electron chi connectivity index (χ2n) is 3.36. The van der Waals surface area contributed by atoms with Gasteiger partial charge in [0.05, 0.1) is 0 Å². The molecule has 0 aliphatic heterocycles. The Hall–Kier alpha value is -1.83. The summed E-state index contributed by atoms with van der Waals surface area (Å²) in [6.07, 6.45) is 5.22. The molecule has 0 bridgehead atoms. The first-order valence-corrected chi connectivity index (χ1v) is 5.29. The zero-order chi connectivity index (χ0) is 11.8. The van der Waals surface area contributed by atoms with Gasteiger partial charge in [0.15, 0.2) is 0 Å². The molecular weight excluding hydrogens is 200 g/mol. The van der Waals surface area contributed by atoms with Crippen LogP contribution in [0.5, 0.6) is 5.75 Å². The van der Waals surface area contributed by atoms with Gasteiger partial charge in [-0.25, -0.2) is 0 Å². The van der Waals surface area contributed by atoms with Crippen molar-refractivity contribution in [1.82, 2.24) is 0 Å². The number of aldehydes is 1. The van der Waals surface area contributed by atoms with Crippen LogP contribution in [0.25, 0.3) is 6.08 Å². The molecule has 1 rings (SSSR count). The van der Waals surface area contributed by atoms with Gasteiger partial charge in [-0.2, -0.15) is 0 Å². The predicted octanol–water partition coefficient (Wildman–Crippen LogP) is 3.24. The number of rotatable bonds is 6. The molecular formula is C14H16O2. The molecule has 0 amide bonds. The number of ether oxygens (including phenoxy) is 1. The molecule has 0 saturated carbocycles. The van der Waals surface area contributed by atoms with E-state index in [1.54, 1.807) is 6.08 Å². The van der Waals surface area contributed by atoms with Gasteiger partial charge in [-0.15, -0.1) is 0 Å². The first-order valence-electron chi connectivity index (χ1n) is 5.29. The van der Waals surface area contributed by atoms with Crippen LogP contribution in [0.3, 0.4) is 0 Å². The van der Waals surface area contributed by atoms with Crippen LogP contribution < -0.4 is 4.74 Å². The molecule has 0 radical (unpaired) electrons. The van der Waals surface area contributed by atoms with Crippen LogP contribution >= 0.6 is 0 Å². The Labute approximate surface area is 96.2 Å². The lowest BCUT2D eigenvalue weighted by Gasteiger charge is -2.03. The number of allylic oxidation sites excluding steroid dienone is 1. The molecule has 0 saturated heterocycles. The number of benzene rings is 1. The Bertz CT molecular complexity index is 374. The van der Waals surface area contributed by atoms with Gasteiger partial charge in [-0.3, -0.25) is 4.79 Å². The van der Waals surface area contributed by atoms with Crippen molar-refractivity contribution in [3.05, 3.63) is 48.1 Å². The van der Waals surface area contributed by atoms with Crippen molar-refractivity contribution in [1.29, 1.82) is 0 Å². The summed E-state index contributed by atoms with van der Waals surface area (Å²) in [5, 5.41) is 0. The number of carbonyl (C=O) groups excluding carboxylic acids is 1. The van der Waals surface area contributed by atoms with E-state index in [1.165, 1.54) is 0 Å². The fourth-order valence-electron chi connectivity index (χ4n) is 1.25. The summed E-state index contributed by atoms with van der Waals surface area (Å²) in [4.78, 5) is 10.6. The van der Waals surface area contributed by atoms with Gasteiger partial charge >= 0.3 is 0 Å². The first-order chi connectivity index (χ1) is 7.80. The summed E-state index contributed by atoms with van der Waals surface area (Å²) >= 11 is 0. The molecule has 16 heavy (non-hydrogen) atoms. The quantitative estimate of drug-likeness (QED) is 0.414. The number of hydrogen-bond acceptors (Lipinski definition) is 2.